The Balaban J connectivity index is 1.13. The normalized spacial score (nSPS) is 20.9. The van der Waals surface area contributed by atoms with E-state index >= 15 is 0 Å². The Morgan fingerprint density at radius 2 is 1.86 bits per heavy atom. The van der Waals surface area contributed by atoms with E-state index in [1.165, 1.54) is 23.2 Å². The minimum atomic E-state index is -3.69. The Labute approximate surface area is 208 Å². The van der Waals surface area contributed by atoms with Crippen LogP contribution in [0.15, 0.2) is 39.6 Å². The minimum Gasteiger partial charge on any atom is -0.486 e. The lowest BCUT2D eigenvalue weighted by Gasteiger charge is -2.26. The van der Waals surface area contributed by atoms with Crippen molar-refractivity contribution in [3.05, 3.63) is 45.4 Å². The zero-order valence-electron chi connectivity index (χ0n) is 19.5. The molecule has 0 spiro atoms. The Bertz CT molecular complexity index is 1280. The van der Waals surface area contributed by atoms with Crippen LogP contribution < -0.4 is 14.8 Å². The van der Waals surface area contributed by atoms with Crippen molar-refractivity contribution in [2.24, 2.45) is 0 Å². The molecule has 35 heavy (non-hydrogen) atoms. The van der Waals surface area contributed by atoms with Crippen LogP contribution in [0, 0.1) is 0 Å². The van der Waals surface area contributed by atoms with Crippen LogP contribution in [-0.2, 0) is 14.8 Å². The summed E-state index contributed by atoms with van der Waals surface area (Å²) in [5, 5.41) is 6.29. The fourth-order valence-corrected chi connectivity index (χ4v) is 7.42. The Morgan fingerprint density at radius 3 is 2.54 bits per heavy atom. The fourth-order valence-electron chi connectivity index (χ4n) is 4.93. The molecule has 1 saturated carbocycles. The summed E-state index contributed by atoms with van der Waals surface area (Å²) in [6, 6.07) is 4.75. The van der Waals surface area contributed by atoms with E-state index in [2.05, 4.69) is 5.32 Å². The van der Waals surface area contributed by atoms with Crippen LogP contribution in [0.4, 0.5) is 0 Å². The van der Waals surface area contributed by atoms with Crippen LogP contribution in [0.1, 0.15) is 35.4 Å². The average molecular weight is 517 g/mol. The van der Waals surface area contributed by atoms with E-state index < -0.39 is 10.0 Å². The van der Waals surface area contributed by atoms with Crippen LogP contribution in [-0.4, -0.2) is 81.5 Å². The lowest BCUT2D eigenvalue weighted by molar-refractivity contribution is -0.131. The van der Waals surface area contributed by atoms with Gasteiger partial charge in [0.1, 0.15) is 13.2 Å². The molecule has 11 heteroatoms. The lowest BCUT2D eigenvalue weighted by atomic mass is 10.0. The van der Waals surface area contributed by atoms with Gasteiger partial charge in [-0.15, -0.1) is 11.3 Å². The molecule has 0 bridgehead atoms. The van der Waals surface area contributed by atoms with Crippen LogP contribution in [0.3, 0.4) is 0 Å². The molecule has 1 N–H and O–H groups in total. The van der Waals surface area contributed by atoms with Crippen molar-refractivity contribution >= 4 is 27.3 Å². The second-order valence-electron chi connectivity index (χ2n) is 9.48. The number of likely N-dealkylation sites (N-methyl/N-ethyl adjacent to an activating group) is 1. The highest BCUT2D eigenvalue weighted by molar-refractivity contribution is 7.89. The minimum absolute atomic E-state index is 0.0441. The third-order valence-corrected chi connectivity index (χ3v) is 9.80. The van der Waals surface area contributed by atoms with Crippen LogP contribution in [0.2, 0.25) is 0 Å². The second-order valence-corrected chi connectivity index (χ2v) is 12.3. The van der Waals surface area contributed by atoms with Gasteiger partial charge in [0.2, 0.25) is 15.9 Å². The Kier molecular flexibility index (Phi) is 5.82. The predicted molar refractivity (Wildman–Crippen MR) is 131 cm³/mol. The molecule has 1 amide bonds. The first-order valence-electron chi connectivity index (χ1n) is 11.9. The molecule has 0 radical (unpaired) electrons. The number of benzene rings is 1. The van der Waals surface area contributed by atoms with Gasteiger partial charge in [0.15, 0.2) is 11.5 Å². The maximum Gasteiger partial charge on any atom is 0.243 e. The van der Waals surface area contributed by atoms with Crippen LogP contribution in [0.25, 0.3) is 0 Å². The number of hydrogen-bond donors (Lipinski definition) is 1. The number of sulfonamides is 1. The molecule has 1 aliphatic carbocycles. The van der Waals surface area contributed by atoms with Crippen LogP contribution in [0.5, 0.6) is 11.5 Å². The van der Waals surface area contributed by atoms with Crippen molar-refractivity contribution in [1.82, 2.24) is 19.5 Å². The number of aromatic nitrogens is 1. The number of ether oxygens (including phenoxy) is 2. The van der Waals surface area contributed by atoms with Gasteiger partial charge in [-0.25, -0.2) is 13.4 Å². The topological polar surface area (TPSA) is 101 Å². The lowest BCUT2D eigenvalue weighted by Crippen LogP contribution is -2.40. The number of fused-ring (bicyclic) bond motifs is 1. The van der Waals surface area contributed by atoms with Gasteiger partial charge in [0.25, 0.3) is 0 Å². The first kappa shape index (κ1) is 23.0. The first-order valence-corrected chi connectivity index (χ1v) is 14.2. The highest BCUT2D eigenvalue weighted by Gasteiger charge is 2.40. The standard InChI is InChI=1S/C24H28N4O5S2/c1-25-9-19(20-14-34-23(26-20)15-2-3-15)24(29)27-10-16-12-28(13-17(16)11-27)35(30,31)18-4-5-21-22(8-18)33-7-6-32-21/h4-5,8,14-15,19,25H,2-3,6-7,9-13H2,1H3. The van der Waals surface area contributed by atoms with Crippen molar-refractivity contribution in [1.29, 1.82) is 0 Å². The van der Waals surface area contributed by atoms with Gasteiger partial charge in [0.05, 0.1) is 21.5 Å². The largest absolute Gasteiger partial charge is 0.486 e. The second kappa shape index (κ2) is 8.88. The van der Waals surface area contributed by atoms with E-state index in [1.54, 1.807) is 23.5 Å². The number of hydrogen-bond acceptors (Lipinski definition) is 8. The molecule has 2 aromatic rings. The molecule has 1 atom stereocenters. The summed E-state index contributed by atoms with van der Waals surface area (Å²) in [7, 11) is -1.84. The monoisotopic (exact) mass is 516 g/mol. The maximum absolute atomic E-state index is 13.5. The van der Waals surface area contributed by atoms with E-state index in [0.29, 0.717) is 63.4 Å². The number of amides is 1. The number of rotatable bonds is 7. The maximum atomic E-state index is 13.5. The summed E-state index contributed by atoms with van der Waals surface area (Å²) in [5.41, 5.74) is 2.87. The SMILES string of the molecule is CNCC(C(=O)N1CC2=C(C1)CN(S(=O)(=O)c1ccc3c(c1)OCCO3)C2)c1csc(C2CC2)n1. The van der Waals surface area contributed by atoms with Crippen molar-refractivity contribution in [2.45, 2.75) is 29.6 Å². The summed E-state index contributed by atoms with van der Waals surface area (Å²) in [4.78, 5) is 20.3. The Morgan fingerprint density at radius 1 is 1.14 bits per heavy atom. The van der Waals surface area contributed by atoms with Gasteiger partial charge in [-0.2, -0.15) is 4.31 Å². The van der Waals surface area contributed by atoms with Crippen molar-refractivity contribution in [3.8, 4) is 11.5 Å². The van der Waals surface area contributed by atoms with E-state index in [0.717, 1.165) is 21.8 Å². The van der Waals surface area contributed by atoms with Crippen molar-refractivity contribution in [2.75, 3.05) is 53.0 Å². The first-order chi connectivity index (χ1) is 16.9. The van der Waals surface area contributed by atoms with E-state index in [9.17, 15) is 13.2 Å². The molecule has 0 saturated heterocycles. The van der Waals surface area contributed by atoms with E-state index in [1.807, 2.05) is 17.3 Å². The quantitative estimate of drug-likeness (QED) is 0.562. The van der Waals surface area contributed by atoms with Crippen molar-refractivity contribution < 1.29 is 22.7 Å². The molecular weight excluding hydrogens is 488 g/mol. The van der Waals surface area contributed by atoms with Crippen molar-refractivity contribution in [3.63, 3.8) is 0 Å². The van der Waals surface area contributed by atoms with Gasteiger partial charge >= 0.3 is 0 Å². The fraction of sp³-hybridized carbons (Fsp3) is 0.500. The van der Waals surface area contributed by atoms with E-state index in [4.69, 9.17) is 14.5 Å². The molecule has 1 unspecified atom stereocenters. The summed E-state index contributed by atoms with van der Waals surface area (Å²) in [6.45, 7) is 2.90. The third kappa shape index (κ3) is 4.24. The van der Waals surface area contributed by atoms with Gasteiger partial charge < -0.3 is 19.7 Å². The zero-order valence-corrected chi connectivity index (χ0v) is 21.2. The molecule has 186 valence electrons. The van der Waals surface area contributed by atoms with Gasteiger partial charge in [-0.05, 0) is 43.2 Å². The van der Waals surface area contributed by atoms with Gasteiger partial charge in [0, 0.05) is 50.1 Å². The number of nitrogens with zero attached hydrogens (tertiary/aromatic N) is 3. The van der Waals surface area contributed by atoms with Crippen LogP contribution >= 0.6 is 11.3 Å². The van der Waals surface area contributed by atoms with E-state index in [-0.39, 0.29) is 16.7 Å². The summed E-state index contributed by atoms with van der Waals surface area (Å²) in [5.74, 6) is 1.30. The molecule has 6 rings (SSSR count). The smallest absolute Gasteiger partial charge is 0.243 e. The molecule has 4 heterocycles. The summed E-state index contributed by atoms with van der Waals surface area (Å²) in [6.07, 6.45) is 2.37. The molecule has 3 aliphatic heterocycles. The summed E-state index contributed by atoms with van der Waals surface area (Å²) < 4.78 is 39.2. The highest BCUT2D eigenvalue weighted by Crippen LogP contribution is 2.42. The Hall–Kier alpha value is -2.47. The van der Waals surface area contributed by atoms with Gasteiger partial charge in [-0.1, -0.05) is 0 Å². The van der Waals surface area contributed by atoms with Gasteiger partial charge in [-0.3, -0.25) is 4.79 Å². The number of nitrogens with one attached hydrogen (secondary N) is 1. The number of thiazole rings is 1. The zero-order chi connectivity index (χ0) is 24.2. The molecular formula is C24H28N4O5S2. The number of carbonyl (C=O) groups excluding carboxylic acids is 1. The number of carbonyl (C=O) groups is 1. The summed E-state index contributed by atoms with van der Waals surface area (Å²) >= 11 is 1.65. The average Bonchev–Trinajstić information content (AvgIpc) is 3.26. The molecule has 4 aliphatic rings. The molecule has 1 fully saturated rings. The highest BCUT2D eigenvalue weighted by atomic mass is 32.2. The molecule has 1 aromatic heterocycles. The predicted octanol–water partition coefficient (Wildman–Crippen LogP) is 1.94. The molecule has 9 nitrogen and oxygen atoms in total. The molecule has 1 aromatic carbocycles. The third-order valence-electron chi connectivity index (χ3n) is 6.99.